The molecule has 2 aromatic rings. The number of nitrogens with zero attached hydrogens (tertiary/aromatic N) is 4. The van der Waals surface area contributed by atoms with Crippen LogP contribution in [0.15, 0.2) is 24.3 Å². The number of para-hydroxylation sites is 1. The predicted molar refractivity (Wildman–Crippen MR) is 78.3 cm³/mol. The number of likely N-dealkylation sites (N-methyl/N-ethyl adjacent to an activating group) is 1. The molecule has 1 aromatic carbocycles. The van der Waals surface area contributed by atoms with E-state index in [1.807, 2.05) is 18.2 Å². The van der Waals surface area contributed by atoms with Crippen LogP contribution in [0, 0.1) is 0 Å². The Morgan fingerprint density at radius 1 is 1.05 bits per heavy atom. The number of anilines is 2. The topological polar surface area (TPSA) is 58.3 Å². The second-order valence-electron chi connectivity index (χ2n) is 5.07. The first-order chi connectivity index (χ1) is 9.24. The van der Waals surface area contributed by atoms with E-state index < -0.39 is 0 Å². The maximum Gasteiger partial charge on any atom is 0.222 e. The van der Waals surface area contributed by atoms with Gasteiger partial charge in [0.15, 0.2) is 0 Å². The molecule has 1 aliphatic rings. The minimum Gasteiger partial charge on any atom is -0.368 e. The zero-order valence-electron chi connectivity index (χ0n) is 11.2. The van der Waals surface area contributed by atoms with Crippen molar-refractivity contribution in [3.8, 4) is 0 Å². The van der Waals surface area contributed by atoms with Crippen molar-refractivity contribution in [2.75, 3.05) is 43.9 Å². The average molecular weight is 257 g/mol. The maximum absolute atomic E-state index is 5.84. The number of benzene rings is 1. The standard InChI is InChI=1S/C14H19N5/c1-18-7-4-8-19(10-9-18)13-11-5-2-3-6-12(11)16-14(15)17-13/h2-3,5-6H,4,7-10H2,1H3,(H2,15,16,17). The number of nitrogens with two attached hydrogens (primary N) is 1. The molecule has 1 aliphatic heterocycles. The van der Waals surface area contributed by atoms with Crippen LogP contribution >= 0.6 is 0 Å². The van der Waals surface area contributed by atoms with Gasteiger partial charge in [0, 0.05) is 25.0 Å². The van der Waals surface area contributed by atoms with Crippen LogP contribution in [0.5, 0.6) is 0 Å². The lowest BCUT2D eigenvalue weighted by Gasteiger charge is -2.23. The van der Waals surface area contributed by atoms with Crippen molar-refractivity contribution in [3.63, 3.8) is 0 Å². The number of hydrogen-bond donors (Lipinski definition) is 1. The third-order valence-electron chi connectivity index (χ3n) is 3.62. The quantitative estimate of drug-likeness (QED) is 0.835. The molecule has 100 valence electrons. The largest absolute Gasteiger partial charge is 0.368 e. The zero-order chi connectivity index (χ0) is 13.2. The van der Waals surface area contributed by atoms with Gasteiger partial charge in [0.1, 0.15) is 5.82 Å². The van der Waals surface area contributed by atoms with E-state index in [-0.39, 0.29) is 0 Å². The molecule has 1 saturated heterocycles. The fourth-order valence-corrected chi connectivity index (χ4v) is 2.58. The monoisotopic (exact) mass is 257 g/mol. The average Bonchev–Trinajstić information content (AvgIpc) is 2.62. The number of hydrogen-bond acceptors (Lipinski definition) is 5. The van der Waals surface area contributed by atoms with Crippen LogP contribution in [-0.2, 0) is 0 Å². The Morgan fingerprint density at radius 2 is 1.89 bits per heavy atom. The van der Waals surface area contributed by atoms with Gasteiger partial charge in [-0.1, -0.05) is 12.1 Å². The SMILES string of the molecule is CN1CCCN(c2nc(N)nc3ccccc23)CC1. The smallest absolute Gasteiger partial charge is 0.222 e. The van der Waals surface area contributed by atoms with E-state index in [0.717, 1.165) is 49.3 Å². The van der Waals surface area contributed by atoms with E-state index in [4.69, 9.17) is 5.73 Å². The highest BCUT2D eigenvalue weighted by molar-refractivity contribution is 5.90. The normalized spacial score (nSPS) is 17.6. The van der Waals surface area contributed by atoms with E-state index in [9.17, 15) is 0 Å². The predicted octanol–water partition coefficient (Wildman–Crippen LogP) is 1.35. The number of aromatic nitrogens is 2. The lowest BCUT2D eigenvalue weighted by molar-refractivity contribution is 0.360. The van der Waals surface area contributed by atoms with Gasteiger partial charge in [0.25, 0.3) is 0 Å². The number of fused-ring (bicyclic) bond motifs is 1. The molecular weight excluding hydrogens is 238 g/mol. The molecule has 0 aliphatic carbocycles. The summed E-state index contributed by atoms with van der Waals surface area (Å²) in [5.41, 5.74) is 6.76. The molecule has 2 heterocycles. The van der Waals surface area contributed by atoms with Crippen molar-refractivity contribution in [2.45, 2.75) is 6.42 Å². The van der Waals surface area contributed by atoms with E-state index in [2.05, 4.69) is 32.9 Å². The molecule has 19 heavy (non-hydrogen) atoms. The molecule has 5 nitrogen and oxygen atoms in total. The summed E-state index contributed by atoms with van der Waals surface area (Å²) in [6.45, 7) is 4.19. The van der Waals surface area contributed by atoms with Crippen LogP contribution in [0.1, 0.15) is 6.42 Å². The minimum atomic E-state index is 0.353. The summed E-state index contributed by atoms with van der Waals surface area (Å²) in [5, 5.41) is 1.08. The van der Waals surface area contributed by atoms with Gasteiger partial charge in [-0.25, -0.2) is 4.98 Å². The molecular formula is C14H19N5. The molecule has 1 fully saturated rings. The first-order valence-electron chi connectivity index (χ1n) is 6.70. The van der Waals surface area contributed by atoms with Gasteiger partial charge in [0.05, 0.1) is 5.52 Å². The molecule has 0 spiro atoms. The second-order valence-corrected chi connectivity index (χ2v) is 5.07. The Bertz CT molecular complexity index is 583. The van der Waals surface area contributed by atoms with Crippen molar-refractivity contribution in [2.24, 2.45) is 0 Å². The Kier molecular flexibility index (Phi) is 3.21. The summed E-state index contributed by atoms with van der Waals surface area (Å²) in [6.07, 6.45) is 1.15. The Morgan fingerprint density at radius 3 is 2.79 bits per heavy atom. The van der Waals surface area contributed by atoms with Crippen molar-refractivity contribution < 1.29 is 0 Å². The number of nitrogen functional groups attached to an aromatic ring is 1. The molecule has 0 radical (unpaired) electrons. The van der Waals surface area contributed by atoms with Crippen molar-refractivity contribution in [3.05, 3.63) is 24.3 Å². The van der Waals surface area contributed by atoms with Gasteiger partial charge < -0.3 is 15.5 Å². The summed E-state index contributed by atoms with van der Waals surface area (Å²) in [5.74, 6) is 1.32. The molecule has 3 rings (SSSR count). The third kappa shape index (κ3) is 2.46. The zero-order valence-corrected chi connectivity index (χ0v) is 11.2. The maximum atomic E-state index is 5.84. The molecule has 0 unspecified atom stereocenters. The fraction of sp³-hybridized carbons (Fsp3) is 0.429. The Balaban J connectivity index is 2.03. The summed E-state index contributed by atoms with van der Waals surface area (Å²) in [7, 11) is 2.16. The van der Waals surface area contributed by atoms with E-state index in [0.29, 0.717) is 5.95 Å². The van der Waals surface area contributed by atoms with Crippen LogP contribution in [0.25, 0.3) is 10.9 Å². The van der Waals surface area contributed by atoms with Crippen molar-refractivity contribution in [1.82, 2.24) is 14.9 Å². The van der Waals surface area contributed by atoms with Gasteiger partial charge in [-0.3, -0.25) is 0 Å². The van der Waals surface area contributed by atoms with E-state index >= 15 is 0 Å². The molecule has 0 amide bonds. The van der Waals surface area contributed by atoms with Gasteiger partial charge in [0.2, 0.25) is 5.95 Å². The minimum absolute atomic E-state index is 0.353. The van der Waals surface area contributed by atoms with Crippen LogP contribution in [0.4, 0.5) is 11.8 Å². The van der Waals surface area contributed by atoms with Crippen LogP contribution in [0.3, 0.4) is 0 Å². The Hall–Kier alpha value is -1.88. The number of rotatable bonds is 1. The molecule has 0 saturated carbocycles. The summed E-state index contributed by atoms with van der Waals surface area (Å²) in [6, 6.07) is 8.06. The van der Waals surface area contributed by atoms with E-state index in [1.54, 1.807) is 0 Å². The van der Waals surface area contributed by atoms with Crippen LogP contribution in [0.2, 0.25) is 0 Å². The molecule has 0 bridgehead atoms. The van der Waals surface area contributed by atoms with Crippen molar-refractivity contribution >= 4 is 22.7 Å². The third-order valence-corrected chi connectivity index (χ3v) is 3.62. The summed E-state index contributed by atoms with van der Waals surface area (Å²) in [4.78, 5) is 13.4. The van der Waals surface area contributed by atoms with Crippen LogP contribution in [-0.4, -0.2) is 48.1 Å². The lowest BCUT2D eigenvalue weighted by atomic mass is 10.2. The Labute approximate surface area is 113 Å². The van der Waals surface area contributed by atoms with E-state index in [1.165, 1.54) is 0 Å². The van der Waals surface area contributed by atoms with Gasteiger partial charge >= 0.3 is 0 Å². The molecule has 0 atom stereocenters. The highest BCUT2D eigenvalue weighted by Gasteiger charge is 2.16. The van der Waals surface area contributed by atoms with Crippen LogP contribution < -0.4 is 10.6 Å². The molecule has 2 N–H and O–H groups in total. The van der Waals surface area contributed by atoms with Gasteiger partial charge in [-0.05, 0) is 32.1 Å². The highest BCUT2D eigenvalue weighted by atomic mass is 15.3. The summed E-state index contributed by atoms with van der Waals surface area (Å²) < 4.78 is 0. The first kappa shape index (κ1) is 12.2. The summed E-state index contributed by atoms with van der Waals surface area (Å²) >= 11 is 0. The highest BCUT2D eigenvalue weighted by Crippen LogP contribution is 2.25. The van der Waals surface area contributed by atoms with Gasteiger partial charge in [-0.2, -0.15) is 4.98 Å². The fourth-order valence-electron chi connectivity index (χ4n) is 2.58. The molecule has 1 aromatic heterocycles. The first-order valence-corrected chi connectivity index (χ1v) is 6.70. The van der Waals surface area contributed by atoms with Crippen molar-refractivity contribution in [1.29, 1.82) is 0 Å². The lowest BCUT2D eigenvalue weighted by Crippen LogP contribution is -2.29. The second kappa shape index (κ2) is 5.01. The van der Waals surface area contributed by atoms with Gasteiger partial charge in [-0.15, -0.1) is 0 Å². The molecule has 5 heteroatoms.